The predicted molar refractivity (Wildman–Crippen MR) is 275 cm³/mol. The number of carbonyl (C=O) groups excluding carboxylic acids is 2. The van der Waals surface area contributed by atoms with Gasteiger partial charge < -0.3 is 24.8 Å². The number of carbonyl (C=O) groups is 2. The van der Waals surface area contributed by atoms with Gasteiger partial charge in [-0.1, -0.05) is 107 Å². The summed E-state index contributed by atoms with van der Waals surface area (Å²) in [6.45, 7) is 8.39. The summed E-state index contributed by atoms with van der Waals surface area (Å²) in [5, 5.41) is 40.5. The molecular weight excluding hydrogens is 869 g/mol. The van der Waals surface area contributed by atoms with E-state index in [1.165, 1.54) is 75.8 Å². The Labute approximate surface area is 420 Å². The van der Waals surface area contributed by atoms with Crippen LogP contribution >= 0.6 is 0 Å². The van der Waals surface area contributed by atoms with Crippen LogP contribution < -0.4 is 0 Å². The van der Waals surface area contributed by atoms with Gasteiger partial charge in [-0.3, -0.25) is 4.79 Å². The second-order valence-electron chi connectivity index (χ2n) is 25.8. The Hall–Kier alpha value is -3.44. The highest BCUT2D eigenvalue weighted by atomic mass is 16.5. The van der Waals surface area contributed by atoms with Gasteiger partial charge in [-0.05, 0) is 196 Å². The first-order valence-corrected chi connectivity index (χ1v) is 28.3. The third kappa shape index (κ3) is 8.97. The van der Waals surface area contributed by atoms with Gasteiger partial charge in [0.15, 0.2) is 0 Å². The molecule has 2 aromatic rings. The van der Waals surface area contributed by atoms with Gasteiger partial charge in [-0.2, -0.15) is 0 Å². The van der Waals surface area contributed by atoms with Gasteiger partial charge in [-0.15, -0.1) is 5.92 Å². The second kappa shape index (κ2) is 19.8. The minimum atomic E-state index is -1.53. The first-order chi connectivity index (χ1) is 33.6. The van der Waals surface area contributed by atoms with Gasteiger partial charge in [0.1, 0.15) is 12.7 Å². The first kappa shape index (κ1) is 50.1. The molecule has 2 aromatic carbocycles. The van der Waals surface area contributed by atoms with E-state index in [9.17, 15) is 24.9 Å². The van der Waals surface area contributed by atoms with E-state index in [4.69, 9.17) is 9.47 Å². The normalized spacial score (nSPS) is 40.1. The van der Waals surface area contributed by atoms with E-state index in [2.05, 4.69) is 86.4 Å². The zero-order valence-corrected chi connectivity index (χ0v) is 43.3. The summed E-state index contributed by atoms with van der Waals surface area (Å²) in [6.07, 6.45) is 22.8. The summed E-state index contributed by atoms with van der Waals surface area (Å²) in [7, 11) is 0. The van der Waals surface area contributed by atoms with Crippen molar-refractivity contribution < 1.29 is 34.4 Å². The molecule has 380 valence electrons. The van der Waals surface area contributed by atoms with Crippen molar-refractivity contribution in [1.29, 1.82) is 0 Å². The summed E-state index contributed by atoms with van der Waals surface area (Å²) < 4.78 is 11.9. The molecular formula is C63H86O7. The van der Waals surface area contributed by atoms with Crippen LogP contribution in [0.5, 0.6) is 0 Å². The number of ether oxygens (including phenoxy) is 2. The summed E-state index contributed by atoms with van der Waals surface area (Å²) in [4.78, 5) is 25.8. The van der Waals surface area contributed by atoms with Gasteiger partial charge in [0.25, 0.3) is 0 Å². The zero-order valence-electron chi connectivity index (χ0n) is 43.3. The van der Waals surface area contributed by atoms with Crippen molar-refractivity contribution in [2.45, 2.75) is 206 Å². The van der Waals surface area contributed by atoms with E-state index in [0.29, 0.717) is 60.7 Å². The van der Waals surface area contributed by atoms with Gasteiger partial charge in [0.2, 0.25) is 0 Å². The number of aliphatic hydroxyl groups is 3. The van der Waals surface area contributed by atoms with Crippen LogP contribution in [-0.4, -0.2) is 57.8 Å². The molecule has 15 atom stereocenters. The molecule has 4 bridgehead atoms. The van der Waals surface area contributed by atoms with E-state index in [1.807, 2.05) is 6.92 Å². The SMILES string of the molecule is CC(=O)O[C@@H]1C[C@@H](C)[C@](O)(CCC2=CC(=O)OC2)[C@@]2([C@@H](O)CC[C@H](C)CCCc3ccccc3)[C@@H](O)CC[C@@](C)([C@@H]3CC[C@]45C[C@@H](CCc6ccccc6)[C@]6(C[C@H](CC#C[C@@H]3C4)C3(CCCC3)C6)C5)[C@H]12. The number of rotatable bonds is 16. The molecule has 3 spiro atoms. The smallest absolute Gasteiger partial charge is 0.331 e. The highest BCUT2D eigenvalue weighted by Crippen LogP contribution is 2.76. The number of hydrogen-bond donors (Lipinski definition) is 3. The standard InChI is InChI=1S/C63H86O7/c1-43(15-13-20-46-16-7-5-8-17-46)23-26-54(65)63-55(66)29-32-58(4,57(63)53(70-45(3)64)35-44(2)62(63,68)34-27-48-36-56(67)69-40-48)52-28-33-59-37-49(52)21-14-22-50-39-61(41-59,42-60(50)30-11-12-31-60)51(38-59)25-24-47-18-9-6-10-19-47/h5-10,16-19,36,43-44,49-55,57,65-66,68H,11-13,15,20,22-35,37-42H2,1-4H3/t43-,44-,49-,50+,51-,52-,53-,54+,55+,57+,58+,59-,61-,62-,63+/m1/s1. The number of fused-ring (bicyclic) bond motifs is 4. The molecule has 0 aromatic heterocycles. The van der Waals surface area contributed by atoms with Gasteiger partial charge >= 0.3 is 11.9 Å². The molecule has 8 aliphatic rings. The fourth-order valence-electron chi connectivity index (χ4n) is 19.0. The quantitative estimate of drug-likeness (QED) is 0.113. The average molecular weight is 955 g/mol. The molecule has 70 heavy (non-hydrogen) atoms. The van der Waals surface area contributed by atoms with Crippen LogP contribution in [0.25, 0.3) is 0 Å². The van der Waals surface area contributed by atoms with Crippen molar-refractivity contribution in [2.75, 3.05) is 6.61 Å². The Bertz CT molecular complexity index is 2270. The lowest BCUT2D eigenvalue weighted by molar-refractivity contribution is -0.328. The molecule has 1 heterocycles. The van der Waals surface area contributed by atoms with Crippen molar-refractivity contribution in [1.82, 2.24) is 0 Å². The second-order valence-corrected chi connectivity index (χ2v) is 25.8. The lowest BCUT2D eigenvalue weighted by atomic mass is 9.36. The molecule has 6 fully saturated rings. The Morgan fingerprint density at radius 2 is 1.61 bits per heavy atom. The van der Waals surface area contributed by atoms with Crippen LogP contribution in [0, 0.1) is 80.3 Å². The summed E-state index contributed by atoms with van der Waals surface area (Å²) in [5.41, 5.74) is 1.20. The number of benzene rings is 2. The van der Waals surface area contributed by atoms with Gasteiger partial charge in [0, 0.05) is 31.3 Å². The number of hydrogen-bond acceptors (Lipinski definition) is 7. The highest BCUT2D eigenvalue weighted by Gasteiger charge is 2.75. The van der Waals surface area contributed by atoms with E-state index >= 15 is 0 Å². The first-order valence-electron chi connectivity index (χ1n) is 28.3. The largest absolute Gasteiger partial charge is 0.462 e. The predicted octanol–water partition coefficient (Wildman–Crippen LogP) is 12.3. The number of aryl methyl sites for hydroxylation is 2. The number of aliphatic hydroxyl groups excluding tert-OH is 2. The van der Waals surface area contributed by atoms with E-state index in [0.717, 1.165) is 63.4 Å². The molecule has 7 nitrogen and oxygen atoms in total. The maximum atomic E-state index is 14.0. The minimum Gasteiger partial charge on any atom is -0.462 e. The third-order valence-electron chi connectivity index (χ3n) is 21.9. The molecule has 7 aliphatic carbocycles. The van der Waals surface area contributed by atoms with E-state index in [1.54, 1.807) is 6.08 Å². The van der Waals surface area contributed by atoms with Crippen LogP contribution in [-0.2, 0) is 31.9 Å². The third-order valence-corrected chi connectivity index (χ3v) is 21.9. The Balaban J connectivity index is 1.01. The maximum absolute atomic E-state index is 14.0. The molecule has 0 saturated heterocycles. The molecule has 3 N–H and O–H groups in total. The van der Waals surface area contributed by atoms with Crippen molar-refractivity contribution in [2.24, 2.45) is 68.5 Å². The highest BCUT2D eigenvalue weighted by molar-refractivity contribution is 5.85. The monoisotopic (exact) mass is 955 g/mol. The Kier molecular flexibility index (Phi) is 14.2. The fraction of sp³-hybridized carbons (Fsp3) is 0.714. The molecule has 0 unspecified atom stereocenters. The zero-order chi connectivity index (χ0) is 48.9. The molecule has 7 heteroatoms. The van der Waals surface area contributed by atoms with Crippen LogP contribution in [0.4, 0.5) is 0 Å². The minimum absolute atomic E-state index is 0.132. The van der Waals surface area contributed by atoms with Crippen LogP contribution in [0.15, 0.2) is 72.3 Å². The average Bonchev–Trinajstić information content (AvgIpc) is 4.12. The summed E-state index contributed by atoms with van der Waals surface area (Å²) in [6, 6.07) is 21.8. The molecule has 10 rings (SSSR count). The van der Waals surface area contributed by atoms with Crippen molar-refractivity contribution in [3.8, 4) is 11.8 Å². The molecule has 0 radical (unpaired) electrons. The Morgan fingerprint density at radius 1 is 0.886 bits per heavy atom. The van der Waals surface area contributed by atoms with Crippen LogP contribution in [0.3, 0.4) is 0 Å². The molecule has 6 saturated carbocycles. The Morgan fingerprint density at radius 3 is 2.31 bits per heavy atom. The lowest BCUT2D eigenvalue weighted by Gasteiger charge is -2.70. The number of cyclic esters (lactones) is 1. The number of esters is 2. The van der Waals surface area contributed by atoms with Gasteiger partial charge in [0.05, 0.1) is 23.2 Å². The van der Waals surface area contributed by atoms with Crippen molar-refractivity contribution >= 4 is 11.9 Å². The fourth-order valence-corrected chi connectivity index (χ4v) is 19.0. The molecule has 0 amide bonds. The summed E-state index contributed by atoms with van der Waals surface area (Å²) >= 11 is 0. The lowest BCUT2D eigenvalue weighted by Crippen LogP contribution is -2.77. The summed E-state index contributed by atoms with van der Waals surface area (Å²) in [5.74, 6) is 8.37. The van der Waals surface area contributed by atoms with Crippen LogP contribution in [0.2, 0.25) is 0 Å². The van der Waals surface area contributed by atoms with Crippen molar-refractivity contribution in [3.05, 3.63) is 83.4 Å². The molecule has 1 aliphatic heterocycles. The maximum Gasteiger partial charge on any atom is 0.331 e. The van der Waals surface area contributed by atoms with Crippen LogP contribution in [0.1, 0.15) is 180 Å². The van der Waals surface area contributed by atoms with E-state index < -0.39 is 46.6 Å². The topological polar surface area (TPSA) is 113 Å². The van der Waals surface area contributed by atoms with Crippen molar-refractivity contribution in [3.63, 3.8) is 0 Å². The van der Waals surface area contributed by atoms with Gasteiger partial charge in [-0.25, -0.2) is 4.79 Å². The van der Waals surface area contributed by atoms with E-state index in [-0.39, 0.29) is 42.2 Å².